The second kappa shape index (κ2) is 11.2. The molecule has 0 saturated carbocycles. The molecule has 0 heterocycles. The van der Waals surface area contributed by atoms with E-state index in [1.54, 1.807) is 0 Å². The Morgan fingerprint density at radius 2 is 1.00 bits per heavy atom. The predicted molar refractivity (Wildman–Crippen MR) is 137 cm³/mol. The first-order valence-electron chi connectivity index (χ1n) is 11.8. The molecule has 0 aliphatic heterocycles. The second-order valence-electron chi connectivity index (χ2n) is 9.31. The number of nitrogens with zero attached hydrogens (tertiary/aromatic N) is 4. The number of halogens is 9. The molecule has 0 fully saturated rings. The van der Waals surface area contributed by atoms with Gasteiger partial charge in [0.2, 0.25) is 0 Å². The van der Waals surface area contributed by atoms with Gasteiger partial charge < -0.3 is 0 Å². The molecule has 3 rings (SSSR count). The van der Waals surface area contributed by atoms with Gasteiger partial charge in [0.1, 0.15) is 0 Å². The number of hydrogen-bond acceptors (Lipinski definition) is 2. The Kier molecular flexibility index (Phi) is 8.39. The van der Waals surface area contributed by atoms with Crippen LogP contribution in [0.4, 0.5) is 39.5 Å². The molecule has 13 heteroatoms. The van der Waals surface area contributed by atoms with Gasteiger partial charge in [0.15, 0.2) is 0 Å². The highest BCUT2D eigenvalue weighted by atomic mass is 19.4. The smallest absolute Gasteiger partial charge is 0.226 e. The third-order valence-electron chi connectivity index (χ3n) is 6.33. The summed E-state index contributed by atoms with van der Waals surface area (Å²) < 4.78 is 128. The van der Waals surface area contributed by atoms with E-state index in [4.69, 9.17) is 13.1 Å². The van der Waals surface area contributed by atoms with Crippen LogP contribution >= 0.6 is 0 Å². The van der Waals surface area contributed by atoms with Crippen LogP contribution in [0, 0.1) is 56.6 Å². The Hall–Kier alpha value is -5.27. The van der Waals surface area contributed by atoms with Crippen LogP contribution < -0.4 is 10.4 Å². The molecular weight excluding hydrogens is 587 g/mol. The van der Waals surface area contributed by atoms with Gasteiger partial charge in [0.25, 0.3) is 11.4 Å². The van der Waals surface area contributed by atoms with Gasteiger partial charge >= 0.3 is 18.5 Å². The zero-order valence-corrected chi connectivity index (χ0v) is 22.2. The molecule has 0 unspecified atom stereocenters. The highest BCUT2D eigenvalue weighted by Crippen LogP contribution is 2.40. The first kappa shape index (κ1) is 32.2. The van der Waals surface area contributed by atoms with Gasteiger partial charge in [-0.1, -0.05) is 12.1 Å². The Balaban J connectivity index is 2.96. The minimum Gasteiger partial charge on any atom is -0.226 e. The maximum absolute atomic E-state index is 15.1. The zero-order chi connectivity index (χ0) is 32.7. The fraction of sp³-hybridized carbons (Fsp3) is 0.200. The van der Waals surface area contributed by atoms with Crippen molar-refractivity contribution in [3.63, 3.8) is 0 Å². The quantitative estimate of drug-likeness (QED) is 0.220. The van der Waals surface area contributed by atoms with E-state index in [1.165, 1.54) is 19.1 Å². The number of rotatable bonds is 2. The predicted octanol–water partition coefficient (Wildman–Crippen LogP) is 8.10. The lowest BCUT2D eigenvalue weighted by Crippen LogP contribution is -2.32. The van der Waals surface area contributed by atoms with Crippen molar-refractivity contribution in [2.75, 3.05) is 0 Å². The minimum absolute atomic E-state index is 0.0705. The lowest BCUT2D eigenvalue weighted by molar-refractivity contribution is -0.138. The molecule has 0 atom stereocenters. The van der Waals surface area contributed by atoms with E-state index in [0.29, 0.717) is 24.3 Å². The maximum Gasteiger partial charge on any atom is 0.416 e. The number of aryl methyl sites for hydroxylation is 2. The molecule has 4 nitrogen and oxygen atoms in total. The average Bonchev–Trinajstić information content (AvgIpc) is 2.88. The number of benzene rings is 3. The van der Waals surface area contributed by atoms with E-state index >= 15 is 13.2 Å². The van der Waals surface area contributed by atoms with Crippen LogP contribution in [0.15, 0.2) is 36.4 Å². The van der Waals surface area contributed by atoms with Gasteiger partial charge in [0, 0.05) is 10.4 Å². The molecule has 0 aromatic heterocycles. The lowest BCUT2D eigenvalue weighted by atomic mass is 9.83. The summed E-state index contributed by atoms with van der Waals surface area (Å²) in [5, 5.41) is 17.4. The third-order valence-corrected chi connectivity index (χ3v) is 6.33. The van der Waals surface area contributed by atoms with Crippen LogP contribution in [0.2, 0.25) is 0 Å². The first-order chi connectivity index (χ1) is 19.8. The van der Waals surface area contributed by atoms with Gasteiger partial charge in [-0.2, -0.15) is 39.5 Å². The normalized spacial score (nSPS) is 13.3. The van der Waals surface area contributed by atoms with Crippen LogP contribution in [0.5, 0.6) is 0 Å². The highest BCUT2D eigenvalue weighted by Gasteiger charge is 2.40. The molecular formula is C30H15F9N4. The highest BCUT2D eigenvalue weighted by molar-refractivity contribution is 5.87. The van der Waals surface area contributed by atoms with Crippen molar-refractivity contribution in [1.29, 1.82) is 10.5 Å². The van der Waals surface area contributed by atoms with Crippen LogP contribution in [-0.4, -0.2) is 0 Å². The minimum atomic E-state index is -5.56. The van der Waals surface area contributed by atoms with E-state index in [0.717, 1.165) is 26.0 Å². The number of hydrogen-bond donors (Lipinski definition) is 0. The van der Waals surface area contributed by atoms with Crippen molar-refractivity contribution >= 4 is 11.4 Å². The maximum atomic E-state index is 15.1. The van der Waals surface area contributed by atoms with Crippen LogP contribution in [0.1, 0.15) is 33.4 Å². The molecule has 0 amide bonds. The van der Waals surface area contributed by atoms with Crippen LogP contribution in [-0.2, 0) is 18.5 Å². The van der Waals surface area contributed by atoms with Gasteiger partial charge in [-0.3, -0.25) is 0 Å². The molecule has 3 aromatic carbocycles. The Morgan fingerprint density at radius 3 is 1.35 bits per heavy atom. The largest absolute Gasteiger partial charge is 0.416 e. The molecule has 0 aliphatic rings. The molecule has 0 spiro atoms. The van der Waals surface area contributed by atoms with Gasteiger partial charge in [0.05, 0.1) is 42.0 Å². The summed E-state index contributed by atoms with van der Waals surface area (Å²) in [6.07, 6.45) is -15.6. The molecule has 3 aromatic rings. The third kappa shape index (κ3) is 6.17. The van der Waals surface area contributed by atoms with Crippen LogP contribution in [0.3, 0.4) is 0 Å². The summed E-state index contributed by atoms with van der Waals surface area (Å²) >= 11 is 0. The molecule has 0 aliphatic carbocycles. The number of alkyl halides is 9. The monoisotopic (exact) mass is 602 g/mol. The standard InChI is InChI=1S/C30H15F9N4/c1-14-6-17(10-19(8-14)28(31,32)33)23-16(3)24(21(12-40)42-4)25(18-7-15(2)9-20(11-18)29(34,35)36)27(30(37,38)39)26(23)22(13-41)43-5/h6-11H,1-3H3/b24-21+,26-22+. The average molecular weight is 602 g/mol. The van der Waals surface area contributed by atoms with Crippen LogP contribution in [0.25, 0.3) is 43.3 Å². The summed E-state index contributed by atoms with van der Waals surface area (Å²) in [4.78, 5) is 5.84. The van der Waals surface area contributed by atoms with E-state index in [-0.39, 0.29) is 11.1 Å². The van der Waals surface area contributed by atoms with Crippen molar-refractivity contribution < 1.29 is 39.5 Å². The van der Waals surface area contributed by atoms with E-state index in [9.17, 15) is 36.9 Å². The van der Waals surface area contributed by atoms with Crippen molar-refractivity contribution in [3.8, 4) is 34.4 Å². The summed E-state index contributed by atoms with van der Waals surface area (Å²) in [7, 11) is 0. The Labute approximate surface area is 238 Å². The second-order valence-corrected chi connectivity index (χ2v) is 9.31. The molecule has 0 saturated heterocycles. The zero-order valence-electron chi connectivity index (χ0n) is 22.2. The van der Waals surface area contributed by atoms with Gasteiger partial charge in [-0.15, -0.1) is 0 Å². The Bertz CT molecular complexity index is 1920. The molecule has 0 radical (unpaired) electrons. The van der Waals surface area contributed by atoms with E-state index in [2.05, 4.69) is 9.69 Å². The van der Waals surface area contributed by atoms with Crippen molar-refractivity contribution in [2.24, 2.45) is 0 Å². The first-order valence-corrected chi connectivity index (χ1v) is 11.8. The fourth-order valence-electron chi connectivity index (χ4n) is 4.80. The van der Waals surface area contributed by atoms with Crippen molar-refractivity contribution in [2.45, 2.75) is 39.3 Å². The van der Waals surface area contributed by atoms with Gasteiger partial charge in [-0.05, 0) is 84.0 Å². The summed E-state index contributed by atoms with van der Waals surface area (Å²) in [6.45, 7) is 18.3. The Morgan fingerprint density at radius 1 is 0.605 bits per heavy atom. The number of nitriles is 2. The lowest BCUT2D eigenvalue weighted by Gasteiger charge is -2.23. The topological polar surface area (TPSA) is 56.3 Å². The SMILES string of the molecule is [C-]#[N+]/C(C#N)=c1\c(C)c(-c2cc(C)cc(C(F)(F)F)c2)/c(=C(/C#N)[N+]#[C-])c(C(F)(F)F)c1-c1cc(C)cc(C(F)(F)F)c1. The molecule has 0 N–H and O–H groups in total. The molecule has 0 bridgehead atoms. The summed E-state index contributed by atoms with van der Waals surface area (Å²) in [6, 6.07) is 6.93. The van der Waals surface area contributed by atoms with E-state index < -0.39 is 84.9 Å². The van der Waals surface area contributed by atoms with E-state index in [1.807, 2.05) is 0 Å². The fourth-order valence-corrected chi connectivity index (χ4v) is 4.80. The van der Waals surface area contributed by atoms with Crippen molar-refractivity contribution in [1.82, 2.24) is 0 Å². The molecule has 218 valence electrons. The van der Waals surface area contributed by atoms with Crippen molar-refractivity contribution in [3.05, 3.63) is 103 Å². The summed E-state index contributed by atoms with van der Waals surface area (Å²) in [5.74, 6) is 0. The molecule has 43 heavy (non-hydrogen) atoms. The van der Waals surface area contributed by atoms with Gasteiger partial charge in [-0.25, -0.2) is 20.2 Å². The summed E-state index contributed by atoms with van der Waals surface area (Å²) in [5.41, 5.74) is -10.5.